The summed E-state index contributed by atoms with van der Waals surface area (Å²) in [7, 11) is 0. The quantitative estimate of drug-likeness (QED) is 0.274. The van der Waals surface area contributed by atoms with Crippen molar-refractivity contribution < 1.29 is 35.9 Å². The highest BCUT2D eigenvalue weighted by atomic mass is 19.4. The number of hydrazine groups is 1. The van der Waals surface area contributed by atoms with Gasteiger partial charge in [-0.3, -0.25) is 11.3 Å². The second-order valence-corrected chi connectivity index (χ2v) is 4.59. The van der Waals surface area contributed by atoms with Gasteiger partial charge in [0, 0.05) is 6.54 Å². The van der Waals surface area contributed by atoms with Crippen LogP contribution in [0.5, 0.6) is 0 Å². The lowest BCUT2D eigenvalue weighted by Crippen LogP contribution is -2.23. The van der Waals surface area contributed by atoms with Crippen molar-refractivity contribution in [3.05, 3.63) is 34.9 Å². The topological polar surface area (TPSA) is 64.3 Å². The molecule has 0 fully saturated rings. The largest absolute Gasteiger partial charge is 0.462 e. The number of nitrogens with two attached hydrogens (primary N) is 1. The minimum Gasteiger partial charge on any atom is -0.462 e. The van der Waals surface area contributed by atoms with Crippen LogP contribution in [0, 0.1) is 0 Å². The zero-order valence-corrected chi connectivity index (χ0v) is 11.7. The highest BCUT2D eigenvalue weighted by molar-refractivity contribution is 5.90. The molecule has 0 atom stereocenters. The molecule has 0 aliphatic heterocycles. The van der Waals surface area contributed by atoms with Crippen LogP contribution in [-0.2, 0) is 17.1 Å². The molecule has 0 radical (unpaired) electrons. The molecule has 0 aromatic heterocycles. The van der Waals surface area contributed by atoms with E-state index >= 15 is 0 Å². The van der Waals surface area contributed by atoms with Crippen LogP contribution in [0.25, 0.3) is 0 Å². The lowest BCUT2D eigenvalue weighted by Gasteiger charge is -2.13. The standard InChI is InChI=1S/C13H14F6N2O2/c14-12(15,16)9-5-8(6-10(7-9)13(17,18)19)11(22)23-4-2-1-3-21-20/h5-7,21H,1-4,20H2. The fourth-order valence-corrected chi connectivity index (χ4v) is 1.65. The molecule has 0 heterocycles. The van der Waals surface area contributed by atoms with Gasteiger partial charge in [-0.25, -0.2) is 4.79 Å². The molecule has 4 nitrogen and oxygen atoms in total. The van der Waals surface area contributed by atoms with Gasteiger partial charge in [0.2, 0.25) is 0 Å². The first-order valence-electron chi connectivity index (χ1n) is 6.46. The molecule has 1 rings (SSSR count). The van der Waals surface area contributed by atoms with Crippen LogP contribution in [0.3, 0.4) is 0 Å². The van der Waals surface area contributed by atoms with Crippen molar-refractivity contribution in [2.24, 2.45) is 5.84 Å². The Morgan fingerprint density at radius 2 is 1.52 bits per heavy atom. The van der Waals surface area contributed by atoms with Crippen molar-refractivity contribution >= 4 is 5.97 Å². The summed E-state index contributed by atoms with van der Waals surface area (Å²) in [5.74, 6) is 3.76. The Morgan fingerprint density at radius 1 is 1.00 bits per heavy atom. The smallest absolute Gasteiger partial charge is 0.416 e. The molecule has 0 aliphatic carbocycles. The molecule has 0 saturated heterocycles. The van der Waals surface area contributed by atoms with Crippen molar-refractivity contribution in [1.29, 1.82) is 0 Å². The van der Waals surface area contributed by atoms with Gasteiger partial charge in [-0.2, -0.15) is 26.3 Å². The minimum atomic E-state index is -5.01. The van der Waals surface area contributed by atoms with E-state index in [1.807, 2.05) is 0 Å². The zero-order chi connectivity index (χ0) is 17.7. The zero-order valence-electron chi connectivity index (χ0n) is 11.7. The van der Waals surface area contributed by atoms with Crippen LogP contribution in [0.1, 0.15) is 34.3 Å². The fourth-order valence-electron chi connectivity index (χ4n) is 1.65. The average molecular weight is 344 g/mol. The minimum absolute atomic E-state index is 0.0519. The van der Waals surface area contributed by atoms with E-state index in [0.717, 1.165) is 0 Å². The first-order valence-corrected chi connectivity index (χ1v) is 6.46. The van der Waals surface area contributed by atoms with Gasteiger partial charge in [0.05, 0.1) is 23.3 Å². The van der Waals surface area contributed by atoms with Crippen LogP contribution in [0.2, 0.25) is 0 Å². The molecule has 0 spiro atoms. The maximum absolute atomic E-state index is 12.7. The molecule has 23 heavy (non-hydrogen) atoms. The molecule has 1 aromatic rings. The summed E-state index contributed by atoms with van der Waals surface area (Å²) in [5, 5.41) is 0. The van der Waals surface area contributed by atoms with Crippen LogP contribution < -0.4 is 11.3 Å². The summed E-state index contributed by atoms with van der Waals surface area (Å²) in [4.78, 5) is 11.6. The Hall–Kier alpha value is -1.81. The third-order valence-electron chi connectivity index (χ3n) is 2.77. The number of rotatable bonds is 6. The van der Waals surface area contributed by atoms with E-state index in [4.69, 9.17) is 5.84 Å². The molecule has 0 saturated carbocycles. The predicted octanol–water partition coefficient (Wildman–Crippen LogP) is 3.12. The van der Waals surface area contributed by atoms with E-state index < -0.39 is 35.0 Å². The Kier molecular flexibility index (Phi) is 6.39. The van der Waals surface area contributed by atoms with Gasteiger partial charge in [0.1, 0.15) is 0 Å². The van der Waals surface area contributed by atoms with E-state index in [0.29, 0.717) is 31.5 Å². The van der Waals surface area contributed by atoms with Crippen LogP contribution in [-0.4, -0.2) is 19.1 Å². The number of benzene rings is 1. The fraction of sp³-hybridized carbons (Fsp3) is 0.462. The van der Waals surface area contributed by atoms with Crippen molar-refractivity contribution in [2.45, 2.75) is 25.2 Å². The van der Waals surface area contributed by atoms with Crippen molar-refractivity contribution in [2.75, 3.05) is 13.2 Å². The lowest BCUT2D eigenvalue weighted by atomic mass is 10.0. The van der Waals surface area contributed by atoms with Crippen LogP contribution in [0.4, 0.5) is 26.3 Å². The molecule has 1 aromatic carbocycles. The second-order valence-electron chi connectivity index (χ2n) is 4.59. The lowest BCUT2D eigenvalue weighted by molar-refractivity contribution is -0.143. The molecule has 0 aliphatic rings. The van der Waals surface area contributed by atoms with E-state index in [1.54, 1.807) is 0 Å². The SMILES string of the molecule is NNCCCCOC(=O)c1cc(C(F)(F)F)cc(C(F)(F)F)c1. The number of halogens is 6. The summed E-state index contributed by atoms with van der Waals surface area (Å²) in [6.07, 6.45) is -9.13. The Bertz CT molecular complexity index is 510. The molecular weight excluding hydrogens is 330 g/mol. The summed E-state index contributed by atoms with van der Waals surface area (Å²) in [6, 6.07) is 0.613. The Morgan fingerprint density at radius 3 is 1.96 bits per heavy atom. The summed E-state index contributed by atoms with van der Waals surface area (Å²) in [6.45, 7) is 0.289. The highest BCUT2D eigenvalue weighted by Gasteiger charge is 2.37. The van der Waals surface area contributed by atoms with E-state index in [1.165, 1.54) is 0 Å². The van der Waals surface area contributed by atoms with Crippen LogP contribution >= 0.6 is 0 Å². The predicted molar refractivity (Wildman–Crippen MR) is 68.2 cm³/mol. The van der Waals surface area contributed by atoms with E-state index in [2.05, 4.69) is 10.2 Å². The number of nitrogens with one attached hydrogen (secondary N) is 1. The van der Waals surface area contributed by atoms with Gasteiger partial charge in [-0.1, -0.05) is 0 Å². The molecular formula is C13H14F6N2O2. The van der Waals surface area contributed by atoms with E-state index in [9.17, 15) is 31.1 Å². The summed E-state index contributed by atoms with van der Waals surface area (Å²) in [5.41, 5.74) is -1.58. The number of alkyl halides is 6. The Labute approximate surface area is 127 Å². The van der Waals surface area contributed by atoms with Gasteiger partial charge < -0.3 is 4.74 Å². The number of unbranched alkanes of at least 4 members (excludes halogenated alkanes) is 1. The Balaban J connectivity index is 2.94. The first kappa shape index (κ1) is 19.2. The second kappa shape index (κ2) is 7.64. The van der Waals surface area contributed by atoms with Gasteiger partial charge in [-0.05, 0) is 31.0 Å². The number of ether oxygens (including phenoxy) is 1. The molecule has 0 bridgehead atoms. The van der Waals surface area contributed by atoms with Crippen molar-refractivity contribution in [3.8, 4) is 0 Å². The van der Waals surface area contributed by atoms with Crippen molar-refractivity contribution in [1.82, 2.24) is 5.43 Å². The molecule has 0 unspecified atom stereocenters. The monoisotopic (exact) mass is 344 g/mol. The number of carbonyl (C=O) groups excluding carboxylic acids is 1. The number of hydrogen-bond acceptors (Lipinski definition) is 4. The van der Waals surface area contributed by atoms with Gasteiger partial charge in [0.25, 0.3) is 0 Å². The van der Waals surface area contributed by atoms with Gasteiger partial charge in [0.15, 0.2) is 0 Å². The first-order chi connectivity index (χ1) is 10.6. The van der Waals surface area contributed by atoms with E-state index in [-0.39, 0.29) is 12.7 Å². The third kappa shape index (κ3) is 6.06. The maximum atomic E-state index is 12.7. The highest BCUT2D eigenvalue weighted by Crippen LogP contribution is 2.36. The molecule has 130 valence electrons. The number of hydrogen-bond donors (Lipinski definition) is 2. The molecule has 3 N–H and O–H groups in total. The molecule has 0 amide bonds. The summed E-state index contributed by atoms with van der Waals surface area (Å²) < 4.78 is 80.6. The average Bonchev–Trinajstić information content (AvgIpc) is 2.44. The molecule has 10 heteroatoms. The van der Waals surface area contributed by atoms with Crippen molar-refractivity contribution in [3.63, 3.8) is 0 Å². The van der Waals surface area contributed by atoms with Crippen LogP contribution in [0.15, 0.2) is 18.2 Å². The normalized spacial score (nSPS) is 12.3. The van der Waals surface area contributed by atoms with Gasteiger partial charge in [-0.15, -0.1) is 0 Å². The third-order valence-corrected chi connectivity index (χ3v) is 2.77. The van der Waals surface area contributed by atoms with Gasteiger partial charge >= 0.3 is 18.3 Å². The number of carbonyl (C=O) groups is 1. The maximum Gasteiger partial charge on any atom is 0.416 e. The summed E-state index contributed by atoms with van der Waals surface area (Å²) >= 11 is 0. The number of esters is 1.